The summed E-state index contributed by atoms with van der Waals surface area (Å²) in [5, 5.41) is 11.7. The van der Waals surface area contributed by atoms with Crippen molar-refractivity contribution in [2.24, 2.45) is 0 Å². The highest BCUT2D eigenvalue weighted by Crippen LogP contribution is 2.30. The van der Waals surface area contributed by atoms with Gasteiger partial charge in [-0.1, -0.05) is 24.3 Å². The molecule has 1 amide bonds. The van der Waals surface area contributed by atoms with Crippen LogP contribution in [0.1, 0.15) is 49.7 Å². The summed E-state index contributed by atoms with van der Waals surface area (Å²) in [5.74, 6) is 0.0851. The van der Waals surface area contributed by atoms with Crippen LogP contribution in [0.4, 0.5) is 5.69 Å². The summed E-state index contributed by atoms with van der Waals surface area (Å²) in [4.78, 5) is 14.8. The SMILES string of the molecule is O=C(CCCCN1CC=CCC1)Nc1cccc(-c2nncc3c2CCCC3)c1. The minimum absolute atomic E-state index is 0.0851. The Balaban J connectivity index is 1.32. The number of aromatic nitrogens is 2. The lowest BCUT2D eigenvalue weighted by molar-refractivity contribution is -0.116. The lowest BCUT2D eigenvalue weighted by Gasteiger charge is -2.22. The van der Waals surface area contributed by atoms with Gasteiger partial charge in [-0.15, -0.1) is 0 Å². The Kier molecular flexibility index (Phi) is 6.67. The summed E-state index contributed by atoms with van der Waals surface area (Å²) in [6.07, 6.45) is 14.6. The van der Waals surface area contributed by atoms with Crippen molar-refractivity contribution < 1.29 is 4.79 Å². The zero-order chi connectivity index (χ0) is 19.9. The fourth-order valence-electron chi connectivity index (χ4n) is 4.27. The molecule has 29 heavy (non-hydrogen) atoms. The number of amides is 1. The number of carbonyl (C=O) groups is 1. The molecule has 1 aromatic carbocycles. The molecular formula is C24H30N4O. The highest BCUT2D eigenvalue weighted by atomic mass is 16.1. The zero-order valence-electron chi connectivity index (χ0n) is 17.1. The first-order valence-electron chi connectivity index (χ1n) is 10.9. The number of nitrogens with zero attached hydrogens (tertiary/aromatic N) is 3. The molecule has 5 nitrogen and oxygen atoms in total. The Morgan fingerprint density at radius 1 is 1.14 bits per heavy atom. The first-order chi connectivity index (χ1) is 14.3. The number of unbranched alkanes of at least 4 members (excludes halogenated alkanes) is 1. The lowest BCUT2D eigenvalue weighted by atomic mass is 9.90. The zero-order valence-corrected chi connectivity index (χ0v) is 17.1. The van der Waals surface area contributed by atoms with Crippen LogP contribution >= 0.6 is 0 Å². The Hall–Kier alpha value is -2.53. The number of benzene rings is 1. The average Bonchev–Trinajstić information content (AvgIpc) is 2.77. The normalized spacial score (nSPS) is 16.4. The van der Waals surface area contributed by atoms with E-state index in [1.165, 1.54) is 24.0 Å². The molecule has 0 spiro atoms. The Morgan fingerprint density at radius 3 is 2.97 bits per heavy atom. The van der Waals surface area contributed by atoms with Crippen LogP contribution in [0.2, 0.25) is 0 Å². The average molecular weight is 391 g/mol. The molecule has 0 fully saturated rings. The monoisotopic (exact) mass is 390 g/mol. The van der Waals surface area contributed by atoms with Crippen LogP contribution in [0.5, 0.6) is 0 Å². The van der Waals surface area contributed by atoms with Crippen molar-refractivity contribution in [2.75, 3.05) is 25.0 Å². The van der Waals surface area contributed by atoms with Crippen LogP contribution in [-0.2, 0) is 17.6 Å². The first-order valence-corrected chi connectivity index (χ1v) is 10.9. The molecule has 152 valence electrons. The van der Waals surface area contributed by atoms with Gasteiger partial charge in [0.15, 0.2) is 0 Å². The molecular weight excluding hydrogens is 360 g/mol. The van der Waals surface area contributed by atoms with Crippen molar-refractivity contribution in [2.45, 2.75) is 51.4 Å². The fraction of sp³-hybridized carbons (Fsp3) is 0.458. The molecule has 1 aliphatic heterocycles. The van der Waals surface area contributed by atoms with E-state index in [2.05, 4.69) is 38.6 Å². The third-order valence-corrected chi connectivity index (χ3v) is 5.86. The Labute approximate surface area is 173 Å². The van der Waals surface area contributed by atoms with E-state index in [1.54, 1.807) is 0 Å². The molecule has 5 heteroatoms. The molecule has 0 saturated heterocycles. The van der Waals surface area contributed by atoms with Crippen molar-refractivity contribution in [3.05, 3.63) is 53.7 Å². The lowest BCUT2D eigenvalue weighted by Crippen LogP contribution is -2.28. The second-order valence-electron chi connectivity index (χ2n) is 8.05. The van der Waals surface area contributed by atoms with E-state index >= 15 is 0 Å². The maximum atomic E-state index is 12.4. The van der Waals surface area contributed by atoms with Crippen LogP contribution in [0.3, 0.4) is 0 Å². The number of hydrogen-bond acceptors (Lipinski definition) is 4. The summed E-state index contributed by atoms with van der Waals surface area (Å²) in [6, 6.07) is 8.02. The van der Waals surface area contributed by atoms with Crippen LogP contribution in [-0.4, -0.2) is 40.6 Å². The number of aryl methyl sites for hydroxylation is 1. The third-order valence-electron chi connectivity index (χ3n) is 5.86. The maximum Gasteiger partial charge on any atom is 0.224 e. The number of hydrogen-bond donors (Lipinski definition) is 1. The van der Waals surface area contributed by atoms with E-state index in [9.17, 15) is 4.79 Å². The predicted molar refractivity (Wildman–Crippen MR) is 117 cm³/mol. The molecule has 1 N–H and O–H groups in total. The first kappa shape index (κ1) is 19.8. The van der Waals surface area contributed by atoms with Gasteiger partial charge in [0.25, 0.3) is 0 Å². The van der Waals surface area contributed by atoms with Gasteiger partial charge in [-0.2, -0.15) is 10.2 Å². The smallest absolute Gasteiger partial charge is 0.224 e. The number of fused-ring (bicyclic) bond motifs is 1. The molecule has 0 radical (unpaired) electrons. The van der Waals surface area contributed by atoms with Gasteiger partial charge in [0.1, 0.15) is 0 Å². The highest BCUT2D eigenvalue weighted by molar-refractivity contribution is 5.91. The van der Waals surface area contributed by atoms with Gasteiger partial charge in [-0.05, 0) is 74.8 Å². The van der Waals surface area contributed by atoms with Crippen LogP contribution in [0.25, 0.3) is 11.3 Å². The van der Waals surface area contributed by atoms with Gasteiger partial charge in [-0.3, -0.25) is 9.69 Å². The predicted octanol–water partition coefficient (Wildman–Crippen LogP) is 4.39. The summed E-state index contributed by atoms with van der Waals surface area (Å²) in [7, 11) is 0. The van der Waals surface area contributed by atoms with E-state index in [4.69, 9.17) is 0 Å². The summed E-state index contributed by atoms with van der Waals surface area (Å²) in [6.45, 7) is 3.26. The molecule has 0 bridgehead atoms. The van der Waals surface area contributed by atoms with E-state index < -0.39 is 0 Å². The van der Waals surface area contributed by atoms with Crippen molar-refractivity contribution >= 4 is 11.6 Å². The minimum atomic E-state index is 0.0851. The van der Waals surface area contributed by atoms with E-state index in [0.717, 1.165) is 68.7 Å². The molecule has 1 aromatic heterocycles. The molecule has 0 unspecified atom stereocenters. The largest absolute Gasteiger partial charge is 0.326 e. The topological polar surface area (TPSA) is 58.1 Å². The molecule has 0 atom stereocenters. The molecule has 1 aliphatic carbocycles. The van der Waals surface area contributed by atoms with E-state index in [0.29, 0.717) is 6.42 Å². The van der Waals surface area contributed by atoms with Gasteiger partial charge < -0.3 is 5.32 Å². The number of nitrogens with one attached hydrogen (secondary N) is 1. The summed E-state index contributed by atoms with van der Waals surface area (Å²) in [5.41, 5.74) is 5.48. The Morgan fingerprint density at radius 2 is 2.07 bits per heavy atom. The van der Waals surface area contributed by atoms with Gasteiger partial charge in [0, 0.05) is 30.8 Å². The van der Waals surface area contributed by atoms with Gasteiger partial charge in [0.05, 0.1) is 11.9 Å². The number of carbonyl (C=O) groups excluding carboxylic acids is 1. The van der Waals surface area contributed by atoms with Crippen LogP contribution in [0, 0.1) is 0 Å². The molecule has 2 aromatic rings. The van der Waals surface area contributed by atoms with Crippen molar-refractivity contribution in [1.82, 2.24) is 15.1 Å². The minimum Gasteiger partial charge on any atom is -0.326 e. The quantitative estimate of drug-likeness (QED) is 0.563. The molecule has 2 aliphatic rings. The third kappa shape index (κ3) is 5.30. The molecule has 4 rings (SSSR count). The molecule has 2 heterocycles. The van der Waals surface area contributed by atoms with Gasteiger partial charge in [0.2, 0.25) is 5.91 Å². The van der Waals surface area contributed by atoms with Crippen LogP contribution < -0.4 is 5.32 Å². The standard InChI is InChI=1S/C24H30N4O/c29-23(13-4-7-16-28-14-5-1-6-15-28)26-21-11-8-10-19(17-21)24-22-12-3-2-9-20(22)18-25-27-24/h1,5,8,10-11,17-18H,2-4,6-7,9,12-16H2,(H,26,29). The number of rotatable bonds is 7. The second-order valence-corrected chi connectivity index (χ2v) is 8.05. The van der Waals surface area contributed by atoms with E-state index in [1.807, 2.05) is 24.4 Å². The second kappa shape index (κ2) is 9.79. The van der Waals surface area contributed by atoms with Gasteiger partial charge in [-0.25, -0.2) is 0 Å². The van der Waals surface area contributed by atoms with Crippen molar-refractivity contribution in [1.29, 1.82) is 0 Å². The van der Waals surface area contributed by atoms with E-state index in [-0.39, 0.29) is 5.91 Å². The Bertz CT molecular complexity index is 877. The molecule has 0 saturated carbocycles. The van der Waals surface area contributed by atoms with Gasteiger partial charge >= 0.3 is 0 Å². The van der Waals surface area contributed by atoms with Crippen molar-refractivity contribution in [3.8, 4) is 11.3 Å². The van der Waals surface area contributed by atoms with Crippen LogP contribution in [0.15, 0.2) is 42.6 Å². The fourth-order valence-corrected chi connectivity index (χ4v) is 4.27. The summed E-state index contributed by atoms with van der Waals surface area (Å²) < 4.78 is 0. The number of anilines is 1. The maximum absolute atomic E-state index is 12.4. The highest BCUT2D eigenvalue weighted by Gasteiger charge is 2.16. The summed E-state index contributed by atoms with van der Waals surface area (Å²) >= 11 is 0. The van der Waals surface area contributed by atoms with Crippen molar-refractivity contribution in [3.63, 3.8) is 0 Å².